The van der Waals surface area contributed by atoms with Gasteiger partial charge in [-0.1, -0.05) is 55.5 Å². The standard InChI is InChI=1S/C30H29NO3/c1-16-26-21-10-7-9-18-19(12-13-22(27(16)26)29(18)21)28-20-8-5-6-11-24(20)31-17(2)23(28)14-25(32)34-15-30(3,4)33/h5-13,16,26-27,33H,14-15H2,1-4H3. The summed E-state index contributed by atoms with van der Waals surface area (Å²) in [4.78, 5) is 17.7. The minimum absolute atomic E-state index is 0.0385. The molecule has 3 aromatic carbocycles. The zero-order valence-electron chi connectivity index (χ0n) is 20.1. The van der Waals surface area contributed by atoms with Crippen molar-refractivity contribution in [3.63, 3.8) is 0 Å². The number of carbonyl (C=O) groups is 1. The maximum atomic E-state index is 12.8. The van der Waals surface area contributed by atoms with Crippen molar-refractivity contribution in [2.24, 2.45) is 5.92 Å². The Bertz CT molecular complexity index is 1460. The lowest BCUT2D eigenvalue weighted by Gasteiger charge is -2.20. The average Bonchev–Trinajstić information content (AvgIpc) is 3.33. The van der Waals surface area contributed by atoms with Gasteiger partial charge >= 0.3 is 5.97 Å². The SMILES string of the molecule is Cc1nc2ccccc2c(-c2ccc3c4c(cccc24)C2C(C)C32)c1CC(=O)OCC(C)(C)O. The molecule has 0 amide bonds. The van der Waals surface area contributed by atoms with Crippen LogP contribution in [0.2, 0.25) is 0 Å². The summed E-state index contributed by atoms with van der Waals surface area (Å²) in [7, 11) is 0. The number of aryl methyl sites for hydroxylation is 1. The van der Waals surface area contributed by atoms with Crippen LogP contribution in [0.25, 0.3) is 32.8 Å². The fraction of sp³-hybridized carbons (Fsp3) is 0.333. The van der Waals surface area contributed by atoms with Gasteiger partial charge in [-0.15, -0.1) is 0 Å². The molecule has 6 rings (SSSR count). The first-order chi connectivity index (χ1) is 16.2. The lowest BCUT2D eigenvalue weighted by atomic mass is 9.87. The molecule has 0 saturated heterocycles. The molecule has 0 aliphatic heterocycles. The number of hydrogen-bond acceptors (Lipinski definition) is 4. The molecular formula is C30H29NO3. The molecule has 0 radical (unpaired) electrons. The van der Waals surface area contributed by atoms with Gasteiger partial charge in [-0.3, -0.25) is 9.78 Å². The molecule has 2 aliphatic carbocycles. The van der Waals surface area contributed by atoms with Gasteiger partial charge in [0.05, 0.1) is 17.5 Å². The Balaban J connectivity index is 1.55. The molecule has 1 saturated carbocycles. The molecule has 4 heteroatoms. The van der Waals surface area contributed by atoms with Crippen molar-refractivity contribution in [2.75, 3.05) is 6.61 Å². The minimum atomic E-state index is -1.06. The zero-order valence-corrected chi connectivity index (χ0v) is 20.1. The summed E-state index contributed by atoms with van der Waals surface area (Å²) in [5, 5.41) is 13.7. The van der Waals surface area contributed by atoms with E-state index in [1.165, 1.54) is 21.9 Å². The van der Waals surface area contributed by atoms with E-state index in [0.29, 0.717) is 17.8 Å². The molecule has 4 aromatic rings. The van der Waals surface area contributed by atoms with Gasteiger partial charge < -0.3 is 9.84 Å². The number of nitrogens with zero attached hydrogens (tertiary/aromatic N) is 1. The molecule has 1 N–H and O–H groups in total. The molecule has 34 heavy (non-hydrogen) atoms. The molecule has 1 heterocycles. The number of benzene rings is 3. The van der Waals surface area contributed by atoms with Gasteiger partial charge in [-0.05, 0) is 83.2 Å². The Morgan fingerprint density at radius 3 is 2.47 bits per heavy atom. The fourth-order valence-corrected chi connectivity index (χ4v) is 6.00. The van der Waals surface area contributed by atoms with Crippen LogP contribution >= 0.6 is 0 Å². The summed E-state index contributed by atoms with van der Waals surface area (Å²) in [5.41, 5.74) is 6.70. The van der Waals surface area contributed by atoms with E-state index in [1.54, 1.807) is 13.8 Å². The first-order valence-electron chi connectivity index (χ1n) is 12.1. The predicted molar refractivity (Wildman–Crippen MR) is 135 cm³/mol. The Kier molecular flexibility index (Phi) is 4.62. The third kappa shape index (κ3) is 3.24. The van der Waals surface area contributed by atoms with Crippen LogP contribution in [-0.4, -0.2) is 28.3 Å². The van der Waals surface area contributed by atoms with E-state index in [1.807, 2.05) is 25.1 Å². The number of aliphatic hydroxyl groups is 1. The molecule has 3 unspecified atom stereocenters. The number of carbonyl (C=O) groups excluding carboxylic acids is 1. The van der Waals surface area contributed by atoms with Crippen LogP contribution in [0, 0.1) is 12.8 Å². The third-order valence-corrected chi connectivity index (χ3v) is 7.58. The van der Waals surface area contributed by atoms with E-state index in [9.17, 15) is 9.90 Å². The van der Waals surface area contributed by atoms with E-state index in [0.717, 1.165) is 33.3 Å². The number of pyridine rings is 1. The van der Waals surface area contributed by atoms with Crippen LogP contribution in [0.15, 0.2) is 54.6 Å². The van der Waals surface area contributed by atoms with Crippen LogP contribution < -0.4 is 0 Å². The van der Waals surface area contributed by atoms with Crippen molar-refractivity contribution in [1.82, 2.24) is 4.98 Å². The molecule has 1 aromatic heterocycles. The lowest BCUT2D eigenvalue weighted by molar-refractivity contribution is -0.149. The number of rotatable bonds is 5. The van der Waals surface area contributed by atoms with Crippen LogP contribution in [0.1, 0.15) is 55.0 Å². The quantitative estimate of drug-likeness (QED) is 0.375. The molecule has 0 spiro atoms. The number of ether oxygens (including phenoxy) is 1. The van der Waals surface area contributed by atoms with Crippen LogP contribution in [0.5, 0.6) is 0 Å². The van der Waals surface area contributed by atoms with E-state index in [2.05, 4.69) is 43.3 Å². The Labute approximate surface area is 199 Å². The topological polar surface area (TPSA) is 59.4 Å². The maximum Gasteiger partial charge on any atom is 0.310 e. The first-order valence-corrected chi connectivity index (χ1v) is 12.1. The Morgan fingerprint density at radius 1 is 1.00 bits per heavy atom. The van der Waals surface area contributed by atoms with E-state index in [-0.39, 0.29) is 19.0 Å². The van der Waals surface area contributed by atoms with Crippen LogP contribution in [0.4, 0.5) is 0 Å². The second kappa shape index (κ2) is 7.38. The van der Waals surface area contributed by atoms with Crippen molar-refractivity contribution in [2.45, 2.75) is 51.6 Å². The third-order valence-electron chi connectivity index (χ3n) is 7.58. The normalized spacial score (nSPS) is 20.6. The van der Waals surface area contributed by atoms with Gasteiger partial charge in [-0.25, -0.2) is 0 Å². The summed E-state index contributed by atoms with van der Waals surface area (Å²) in [6, 6.07) is 19.4. The molecule has 3 atom stereocenters. The van der Waals surface area contributed by atoms with Crippen LogP contribution in [0.3, 0.4) is 0 Å². The lowest BCUT2D eigenvalue weighted by Crippen LogP contribution is -2.28. The number of para-hydroxylation sites is 1. The monoisotopic (exact) mass is 451 g/mol. The van der Waals surface area contributed by atoms with Gasteiger partial charge in [0.1, 0.15) is 6.61 Å². The molecule has 4 nitrogen and oxygen atoms in total. The van der Waals surface area contributed by atoms with E-state index >= 15 is 0 Å². The zero-order chi connectivity index (χ0) is 23.8. The number of hydrogen-bond donors (Lipinski definition) is 1. The van der Waals surface area contributed by atoms with Gasteiger partial charge in [0.2, 0.25) is 0 Å². The largest absolute Gasteiger partial charge is 0.462 e. The fourth-order valence-electron chi connectivity index (χ4n) is 6.00. The highest BCUT2D eigenvalue weighted by Crippen LogP contribution is 2.67. The predicted octanol–water partition coefficient (Wildman–Crippen LogP) is 6.05. The van der Waals surface area contributed by atoms with Gasteiger partial charge in [0.15, 0.2) is 0 Å². The highest BCUT2D eigenvalue weighted by atomic mass is 16.5. The van der Waals surface area contributed by atoms with E-state index < -0.39 is 5.60 Å². The van der Waals surface area contributed by atoms with Gasteiger partial charge in [0.25, 0.3) is 0 Å². The van der Waals surface area contributed by atoms with Gasteiger partial charge in [0, 0.05) is 11.1 Å². The maximum absolute atomic E-state index is 12.8. The van der Waals surface area contributed by atoms with Crippen LogP contribution in [-0.2, 0) is 16.0 Å². The van der Waals surface area contributed by atoms with Crippen molar-refractivity contribution in [3.8, 4) is 11.1 Å². The summed E-state index contributed by atoms with van der Waals surface area (Å²) >= 11 is 0. The summed E-state index contributed by atoms with van der Waals surface area (Å²) in [6.07, 6.45) is 0.111. The molecule has 1 fully saturated rings. The number of fused-ring (bicyclic) bond motifs is 4. The Morgan fingerprint density at radius 2 is 1.71 bits per heavy atom. The minimum Gasteiger partial charge on any atom is -0.462 e. The highest BCUT2D eigenvalue weighted by Gasteiger charge is 2.53. The molecular weight excluding hydrogens is 422 g/mol. The first kappa shape index (κ1) is 21.3. The average molecular weight is 452 g/mol. The van der Waals surface area contributed by atoms with Gasteiger partial charge in [-0.2, -0.15) is 0 Å². The summed E-state index contributed by atoms with van der Waals surface area (Å²) < 4.78 is 5.42. The molecule has 0 bridgehead atoms. The summed E-state index contributed by atoms with van der Waals surface area (Å²) in [5.74, 6) is 1.64. The smallest absolute Gasteiger partial charge is 0.310 e. The molecule has 2 aliphatic rings. The second-order valence-electron chi connectivity index (χ2n) is 10.6. The Hall–Kier alpha value is -3.24. The van der Waals surface area contributed by atoms with E-state index in [4.69, 9.17) is 9.72 Å². The van der Waals surface area contributed by atoms with Crippen molar-refractivity contribution >= 4 is 27.6 Å². The van der Waals surface area contributed by atoms with Crippen molar-refractivity contribution < 1.29 is 14.6 Å². The molecule has 172 valence electrons. The van der Waals surface area contributed by atoms with Crippen molar-refractivity contribution in [3.05, 3.63) is 77.0 Å². The highest BCUT2D eigenvalue weighted by molar-refractivity contribution is 6.09. The van der Waals surface area contributed by atoms with Crippen molar-refractivity contribution in [1.29, 1.82) is 0 Å². The number of esters is 1. The second-order valence-corrected chi connectivity index (χ2v) is 10.6. The number of aromatic nitrogens is 1. The summed E-state index contributed by atoms with van der Waals surface area (Å²) in [6.45, 7) is 7.54.